The molecule has 2 rings (SSSR count). The number of ether oxygens (including phenoxy) is 2. The quantitative estimate of drug-likeness (QED) is 0.230. The van der Waals surface area contributed by atoms with Gasteiger partial charge in [-0.05, 0) is 49.3 Å². The monoisotopic (exact) mass is 413 g/mol. The van der Waals surface area contributed by atoms with Crippen LogP contribution in [-0.2, 0) is 16.1 Å². The standard InChI is InChI=1S/C24H31NO5/c1-3-8-23(30-24(26)21-13-15-22(16-14-21)25(27)28)12-7-9-19(2)17-29-18-20-10-5-4-6-11-20/h4-6,10-11,13-16,19,23H,3,7-9,12,17-18H2,1-2H3/t19-,23-/m1/s1. The van der Waals surface area contributed by atoms with Crippen LogP contribution in [0.15, 0.2) is 54.6 Å². The molecule has 0 spiro atoms. The van der Waals surface area contributed by atoms with Gasteiger partial charge in [0.2, 0.25) is 0 Å². The third-order valence-corrected chi connectivity index (χ3v) is 4.94. The van der Waals surface area contributed by atoms with Crippen LogP contribution in [0.3, 0.4) is 0 Å². The Kier molecular flexibility index (Phi) is 10.0. The van der Waals surface area contributed by atoms with Gasteiger partial charge in [-0.15, -0.1) is 0 Å². The molecule has 0 N–H and O–H groups in total. The lowest BCUT2D eigenvalue weighted by Gasteiger charge is -2.18. The molecule has 6 heteroatoms. The van der Waals surface area contributed by atoms with E-state index >= 15 is 0 Å². The zero-order valence-electron chi connectivity index (χ0n) is 17.8. The van der Waals surface area contributed by atoms with E-state index in [0.717, 1.165) is 32.1 Å². The van der Waals surface area contributed by atoms with Gasteiger partial charge in [0.05, 0.1) is 17.1 Å². The molecule has 0 saturated carbocycles. The molecule has 0 saturated heterocycles. The first-order valence-electron chi connectivity index (χ1n) is 10.6. The number of nitro benzene ring substituents is 1. The van der Waals surface area contributed by atoms with Crippen LogP contribution in [0.2, 0.25) is 0 Å². The van der Waals surface area contributed by atoms with Gasteiger partial charge in [0.25, 0.3) is 5.69 Å². The number of hydrogen-bond acceptors (Lipinski definition) is 5. The first-order chi connectivity index (χ1) is 14.5. The third-order valence-electron chi connectivity index (χ3n) is 4.94. The number of non-ortho nitro benzene ring substituents is 1. The fraction of sp³-hybridized carbons (Fsp3) is 0.458. The molecule has 0 unspecified atom stereocenters. The lowest BCUT2D eigenvalue weighted by molar-refractivity contribution is -0.384. The molecule has 0 aromatic heterocycles. The van der Waals surface area contributed by atoms with Crippen LogP contribution in [0, 0.1) is 16.0 Å². The van der Waals surface area contributed by atoms with E-state index in [0.29, 0.717) is 24.7 Å². The van der Waals surface area contributed by atoms with E-state index in [1.54, 1.807) is 0 Å². The summed E-state index contributed by atoms with van der Waals surface area (Å²) >= 11 is 0. The van der Waals surface area contributed by atoms with E-state index in [2.05, 4.69) is 26.0 Å². The first kappa shape index (κ1) is 23.5. The Balaban J connectivity index is 1.72. The van der Waals surface area contributed by atoms with Crippen LogP contribution < -0.4 is 0 Å². The van der Waals surface area contributed by atoms with E-state index in [-0.39, 0.29) is 11.8 Å². The number of carbonyl (C=O) groups excluding carboxylic acids is 1. The molecule has 162 valence electrons. The molecule has 0 fully saturated rings. The Labute approximate surface area is 178 Å². The van der Waals surface area contributed by atoms with Crippen molar-refractivity contribution < 1.29 is 19.2 Å². The molecule has 2 aromatic carbocycles. The molecule has 6 nitrogen and oxygen atoms in total. The van der Waals surface area contributed by atoms with Crippen molar-refractivity contribution in [1.82, 2.24) is 0 Å². The highest BCUT2D eigenvalue weighted by Gasteiger charge is 2.17. The van der Waals surface area contributed by atoms with Crippen molar-refractivity contribution in [2.45, 2.75) is 58.7 Å². The van der Waals surface area contributed by atoms with E-state index < -0.39 is 10.9 Å². The van der Waals surface area contributed by atoms with Gasteiger partial charge in [0.15, 0.2) is 0 Å². The number of esters is 1. The molecule has 2 atom stereocenters. The second kappa shape index (κ2) is 12.8. The topological polar surface area (TPSA) is 78.7 Å². The summed E-state index contributed by atoms with van der Waals surface area (Å²) in [6.45, 7) is 5.56. The molecule has 0 radical (unpaired) electrons. The maximum Gasteiger partial charge on any atom is 0.338 e. The lowest BCUT2D eigenvalue weighted by Crippen LogP contribution is -2.19. The van der Waals surface area contributed by atoms with E-state index in [9.17, 15) is 14.9 Å². The summed E-state index contributed by atoms with van der Waals surface area (Å²) in [4.78, 5) is 22.6. The van der Waals surface area contributed by atoms with Crippen LogP contribution in [0.4, 0.5) is 5.69 Å². The fourth-order valence-corrected chi connectivity index (χ4v) is 3.25. The smallest absolute Gasteiger partial charge is 0.338 e. The Hall–Kier alpha value is -2.73. The maximum absolute atomic E-state index is 12.4. The second-order valence-corrected chi connectivity index (χ2v) is 7.66. The Bertz CT molecular complexity index is 776. The molecule has 0 heterocycles. The normalized spacial score (nSPS) is 12.9. The predicted molar refractivity (Wildman–Crippen MR) is 116 cm³/mol. The van der Waals surface area contributed by atoms with E-state index in [4.69, 9.17) is 9.47 Å². The number of rotatable bonds is 13. The largest absolute Gasteiger partial charge is 0.459 e. The third kappa shape index (κ3) is 8.33. The van der Waals surface area contributed by atoms with Crippen LogP contribution in [0.5, 0.6) is 0 Å². The molecular weight excluding hydrogens is 382 g/mol. The van der Waals surface area contributed by atoms with Crippen LogP contribution in [0.1, 0.15) is 61.9 Å². The summed E-state index contributed by atoms with van der Waals surface area (Å²) in [5, 5.41) is 10.7. The number of hydrogen-bond donors (Lipinski definition) is 0. The van der Waals surface area contributed by atoms with Crippen molar-refractivity contribution in [2.24, 2.45) is 5.92 Å². The minimum atomic E-state index is -0.486. The SMILES string of the molecule is CCC[C@H](CCC[C@@H](C)COCc1ccccc1)OC(=O)c1ccc([N+](=O)[O-])cc1. The van der Waals surface area contributed by atoms with Crippen LogP contribution in [0.25, 0.3) is 0 Å². The van der Waals surface area contributed by atoms with E-state index in [1.807, 2.05) is 18.2 Å². The summed E-state index contributed by atoms with van der Waals surface area (Å²) in [7, 11) is 0. The van der Waals surface area contributed by atoms with Gasteiger partial charge in [0, 0.05) is 18.7 Å². The molecule has 0 aliphatic rings. The maximum atomic E-state index is 12.4. The van der Waals surface area contributed by atoms with Gasteiger partial charge < -0.3 is 9.47 Å². The highest BCUT2D eigenvalue weighted by molar-refractivity contribution is 5.89. The average Bonchev–Trinajstić information content (AvgIpc) is 2.74. The van der Waals surface area contributed by atoms with Gasteiger partial charge in [-0.25, -0.2) is 4.79 Å². The Morgan fingerprint density at radius 3 is 2.37 bits per heavy atom. The Morgan fingerprint density at radius 1 is 1.03 bits per heavy atom. The zero-order chi connectivity index (χ0) is 21.8. The summed E-state index contributed by atoms with van der Waals surface area (Å²) in [6, 6.07) is 15.6. The Morgan fingerprint density at radius 2 is 1.73 bits per heavy atom. The number of carbonyl (C=O) groups is 1. The van der Waals surface area contributed by atoms with Crippen molar-refractivity contribution in [3.63, 3.8) is 0 Å². The molecule has 0 aliphatic heterocycles. The van der Waals surface area contributed by atoms with Crippen molar-refractivity contribution >= 4 is 11.7 Å². The number of nitro groups is 1. The van der Waals surface area contributed by atoms with Gasteiger partial charge in [-0.1, -0.05) is 50.6 Å². The lowest BCUT2D eigenvalue weighted by atomic mass is 10.0. The molecular formula is C24H31NO5. The van der Waals surface area contributed by atoms with Crippen molar-refractivity contribution in [3.8, 4) is 0 Å². The van der Waals surface area contributed by atoms with Gasteiger partial charge in [0.1, 0.15) is 6.10 Å². The average molecular weight is 414 g/mol. The minimum absolute atomic E-state index is 0.0415. The fourth-order valence-electron chi connectivity index (χ4n) is 3.25. The zero-order valence-corrected chi connectivity index (χ0v) is 17.8. The van der Waals surface area contributed by atoms with Crippen LogP contribution >= 0.6 is 0 Å². The van der Waals surface area contributed by atoms with Crippen molar-refractivity contribution in [3.05, 3.63) is 75.8 Å². The molecule has 0 amide bonds. The number of nitrogens with zero attached hydrogens (tertiary/aromatic N) is 1. The van der Waals surface area contributed by atoms with Crippen molar-refractivity contribution in [2.75, 3.05) is 6.61 Å². The predicted octanol–water partition coefficient (Wildman–Crippen LogP) is 5.94. The molecule has 2 aromatic rings. The summed E-state index contributed by atoms with van der Waals surface area (Å²) in [5.74, 6) is 0.00366. The highest BCUT2D eigenvalue weighted by Crippen LogP contribution is 2.18. The summed E-state index contributed by atoms with van der Waals surface area (Å²) in [6.07, 6.45) is 4.34. The van der Waals surface area contributed by atoms with Gasteiger partial charge >= 0.3 is 5.97 Å². The minimum Gasteiger partial charge on any atom is -0.459 e. The molecule has 0 bridgehead atoms. The summed E-state index contributed by atoms with van der Waals surface area (Å²) in [5.41, 5.74) is 1.47. The van der Waals surface area contributed by atoms with E-state index in [1.165, 1.54) is 29.8 Å². The van der Waals surface area contributed by atoms with Gasteiger partial charge in [-0.2, -0.15) is 0 Å². The molecule has 30 heavy (non-hydrogen) atoms. The van der Waals surface area contributed by atoms with Crippen molar-refractivity contribution in [1.29, 1.82) is 0 Å². The summed E-state index contributed by atoms with van der Waals surface area (Å²) < 4.78 is 11.5. The number of benzene rings is 2. The second-order valence-electron chi connectivity index (χ2n) is 7.66. The highest BCUT2D eigenvalue weighted by atomic mass is 16.6. The molecule has 0 aliphatic carbocycles. The van der Waals surface area contributed by atoms with Crippen LogP contribution in [-0.4, -0.2) is 23.6 Å². The first-order valence-corrected chi connectivity index (χ1v) is 10.6. The van der Waals surface area contributed by atoms with Gasteiger partial charge in [-0.3, -0.25) is 10.1 Å².